The smallest absolute Gasteiger partial charge is 0.123 e. The van der Waals surface area contributed by atoms with E-state index in [1.165, 1.54) is 11.6 Å². The van der Waals surface area contributed by atoms with Crippen LogP contribution < -0.4 is 5.32 Å². The molecule has 0 radical (unpaired) electrons. The lowest BCUT2D eigenvalue weighted by molar-refractivity contribution is 0.196. The first-order valence-electron chi connectivity index (χ1n) is 10.5. The second-order valence-electron chi connectivity index (χ2n) is 8.75. The van der Waals surface area contributed by atoms with Crippen molar-refractivity contribution >= 4 is 11.3 Å². The van der Waals surface area contributed by atoms with Gasteiger partial charge in [-0.05, 0) is 42.5 Å². The molecule has 1 aliphatic carbocycles. The van der Waals surface area contributed by atoms with Crippen LogP contribution in [0.5, 0.6) is 0 Å². The number of rotatable bonds is 7. The minimum atomic E-state index is -0.294. The van der Waals surface area contributed by atoms with Gasteiger partial charge in [-0.1, -0.05) is 51.0 Å². The van der Waals surface area contributed by atoms with Gasteiger partial charge in [0.05, 0.1) is 6.20 Å². The maximum Gasteiger partial charge on any atom is 0.123 e. The summed E-state index contributed by atoms with van der Waals surface area (Å²) in [4.78, 5) is 2.23. The van der Waals surface area contributed by atoms with Gasteiger partial charge in [0, 0.05) is 52.9 Å². The topological polar surface area (TPSA) is 44.0 Å². The van der Waals surface area contributed by atoms with Crippen molar-refractivity contribution < 1.29 is 4.39 Å². The Morgan fingerprint density at radius 1 is 1.39 bits per heavy atom. The van der Waals surface area contributed by atoms with Crippen LogP contribution in [0.15, 0.2) is 80.0 Å². The Balaban J connectivity index is 1.59. The Bertz CT molecular complexity index is 1090. The molecule has 4 nitrogen and oxygen atoms in total. The number of nitrogens with zero attached hydrogens (tertiary/aromatic N) is 2. The number of H-pyrrole nitrogens is 1. The number of allylic oxidation sites excluding steroid dienone is 5. The van der Waals surface area contributed by atoms with Gasteiger partial charge >= 0.3 is 0 Å². The zero-order valence-corrected chi connectivity index (χ0v) is 18.2. The van der Waals surface area contributed by atoms with E-state index in [0.717, 1.165) is 46.7 Å². The molecule has 31 heavy (non-hydrogen) atoms. The molecular weight excluding hydrogens is 387 g/mol. The molecule has 2 atom stereocenters. The van der Waals surface area contributed by atoms with Crippen LogP contribution >= 0.6 is 0 Å². The summed E-state index contributed by atoms with van der Waals surface area (Å²) in [6.45, 7) is 18.3. The Hall–Kier alpha value is -3.34. The largest absolute Gasteiger partial charge is 0.366 e. The highest BCUT2D eigenvalue weighted by molar-refractivity contribution is 5.74. The predicted molar refractivity (Wildman–Crippen MR) is 125 cm³/mol. The van der Waals surface area contributed by atoms with E-state index in [4.69, 9.17) is 0 Å². The van der Waals surface area contributed by atoms with Gasteiger partial charge in [0.2, 0.25) is 0 Å². The molecule has 2 N–H and O–H groups in total. The zero-order valence-electron chi connectivity index (χ0n) is 18.2. The summed E-state index contributed by atoms with van der Waals surface area (Å²) in [6.07, 6.45) is 11.3. The van der Waals surface area contributed by atoms with Crippen molar-refractivity contribution in [1.29, 1.82) is 0 Å². The van der Waals surface area contributed by atoms with Gasteiger partial charge < -0.3 is 10.2 Å². The van der Waals surface area contributed by atoms with E-state index in [0.29, 0.717) is 6.54 Å². The van der Waals surface area contributed by atoms with Crippen LogP contribution in [0.4, 0.5) is 4.39 Å². The van der Waals surface area contributed by atoms with Gasteiger partial charge in [0.1, 0.15) is 5.82 Å². The molecule has 1 aromatic heterocycles. The number of aromatic nitrogens is 2. The van der Waals surface area contributed by atoms with Crippen molar-refractivity contribution in [2.24, 2.45) is 11.3 Å². The fraction of sp³-hybridized carbons (Fsp3) is 0.269. The number of aromatic amines is 1. The second-order valence-corrected chi connectivity index (χ2v) is 8.75. The van der Waals surface area contributed by atoms with Crippen LogP contribution in [-0.2, 0) is 6.54 Å². The number of benzene rings is 1. The number of hydrogen-bond acceptors (Lipinski definition) is 3. The lowest BCUT2D eigenvalue weighted by atomic mass is 9.70. The fourth-order valence-corrected chi connectivity index (χ4v) is 4.53. The van der Waals surface area contributed by atoms with E-state index >= 15 is 0 Å². The van der Waals surface area contributed by atoms with E-state index in [1.54, 1.807) is 6.07 Å². The first-order chi connectivity index (χ1) is 14.8. The Morgan fingerprint density at radius 3 is 2.84 bits per heavy atom. The molecule has 0 saturated heterocycles. The standard InChI is InChI=1S/C26H29FN4/c1-17(2)30-19(4)26(5,23-9-6-20(7-10-23)22-13-28-29-14-22)16-31-15-21-8-11-24(27)12-25(21)18(31)3/h6-9,11-14,23,30H,1,3-4,10,15-16H2,2,5H3,(H,28,29). The molecule has 2 unspecified atom stereocenters. The van der Waals surface area contributed by atoms with Crippen molar-refractivity contribution in [2.75, 3.05) is 6.54 Å². The van der Waals surface area contributed by atoms with E-state index in [2.05, 4.69) is 65.3 Å². The van der Waals surface area contributed by atoms with Gasteiger partial charge in [-0.15, -0.1) is 0 Å². The van der Waals surface area contributed by atoms with Crippen LogP contribution in [0.2, 0.25) is 0 Å². The third-order valence-corrected chi connectivity index (χ3v) is 6.45. The van der Waals surface area contributed by atoms with Crippen LogP contribution in [0.1, 0.15) is 37.0 Å². The average molecular weight is 417 g/mol. The number of fused-ring (bicyclic) bond motifs is 1. The predicted octanol–water partition coefficient (Wildman–Crippen LogP) is 5.64. The van der Waals surface area contributed by atoms with Crippen molar-refractivity contribution in [3.63, 3.8) is 0 Å². The maximum atomic E-state index is 13.8. The third-order valence-electron chi connectivity index (χ3n) is 6.45. The van der Waals surface area contributed by atoms with Crippen molar-refractivity contribution in [2.45, 2.75) is 26.8 Å². The van der Waals surface area contributed by atoms with Crippen LogP contribution in [-0.4, -0.2) is 21.6 Å². The van der Waals surface area contributed by atoms with Gasteiger partial charge in [-0.2, -0.15) is 5.10 Å². The lowest BCUT2D eigenvalue weighted by Crippen LogP contribution is -2.42. The summed E-state index contributed by atoms with van der Waals surface area (Å²) >= 11 is 0. The van der Waals surface area contributed by atoms with Crippen LogP contribution in [0, 0.1) is 17.2 Å². The van der Waals surface area contributed by atoms with Crippen molar-refractivity contribution in [1.82, 2.24) is 20.4 Å². The van der Waals surface area contributed by atoms with Gasteiger partial charge in [-0.25, -0.2) is 4.39 Å². The van der Waals surface area contributed by atoms with Crippen molar-refractivity contribution in [3.8, 4) is 0 Å². The first kappa shape index (κ1) is 20.9. The molecule has 0 saturated carbocycles. The highest BCUT2D eigenvalue weighted by Gasteiger charge is 2.39. The molecule has 0 bridgehead atoms. The molecule has 1 aromatic carbocycles. The molecule has 5 heteroatoms. The van der Waals surface area contributed by atoms with Crippen LogP contribution in [0.3, 0.4) is 0 Å². The normalized spacial score (nSPS) is 19.6. The minimum absolute atomic E-state index is 0.231. The van der Waals surface area contributed by atoms with Gasteiger partial charge in [0.25, 0.3) is 0 Å². The Kier molecular flexibility index (Phi) is 5.44. The summed E-state index contributed by atoms with van der Waals surface area (Å²) in [5.74, 6) is 0.000691. The second kappa shape index (κ2) is 8.06. The molecular formula is C26H29FN4. The number of hydrogen-bond donors (Lipinski definition) is 2. The van der Waals surface area contributed by atoms with E-state index < -0.39 is 0 Å². The molecule has 0 fully saturated rings. The summed E-state index contributed by atoms with van der Waals surface area (Å²) in [5.41, 5.74) is 6.59. The summed E-state index contributed by atoms with van der Waals surface area (Å²) < 4.78 is 13.8. The minimum Gasteiger partial charge on any atom is -0.366 e. The highest BCUT2D eigenvalue weighted by Crippen LogP contribution is 2.44. The molecule has 1 aliphatic heterocycles. The molecule has 2 aromatic rings. The zero-order chi connectivity index (χ0) is 22.2. The Labute approximate surface area is 183 Å². The molecule has 2 aliphatic rings. The first-order valence-corrected chi connectivity index (χ1v) is 10.5. The molecule has 0 spiro atoms. The van der Waals surface area contributed by atoms with Gasteiger partial charge in [-0.3, -0.25) is 5.10 Å². The highest BCUT2D eigenvalue weighted by atomic mass is 19.1. The summed E-state index contributed by atoms with van der Waals surface area (Å²) in [7, 11) is 0. The van der Waals surface area contributed by atoms with Gasteiger partial charge in [0.15, 0.2) is 0 Å². The quantitative estimate of drug-likeness (QED) is 0.614. The number of halogens is 1. The lowest BCUT2D eigenvalue weighted by Gasteiger charge is -2.42. The third kappa shape index (κ3) is 4.00. The van der Waals surface area contributed by atoms with E-state index in [9.17, 15) is 4.39 Å². The molecule has 4 rings (SSSR count). The van der Waals surface area contributed by atoms with Crippen molar-refractivity contribution in [3.05, 3.63) is 102 Å². The maximum absolute atomic E-state index is 13.8. The molecule has 160 valence electrons. The summed E-state index contributed by atoms with van der Waals surface area (Å²) in [5, 5.41) is 10.3. The van der Waals surface area contributed by atoms with Crippen LogP contribution in [0.25, 0.3) is 11.3 Å². The average Bonchev–Trinajstić information content (AvgIpc) is 3.37. The summed E-state index contributed by atoms with van der Waals surface area (Å²) in [6, 6.07) is 4.95. The molecule has 2 heterocycles. The van der Waals surface area contributed by atoms with E-state index in [1.807, 2.05) is 25.4 Å². The Morgan fingerprint density at radius 2 is 2.19 bits per heavy atom. The number of nitrogens with one attached hydrogen (secondary N) is 2. The van der Waals surface area contributed by atoms with E-state index in [-0.39, 0.29) is 17.2 Å². The molecule has 0 amide bonds. The SMILES string of the molecule is C=C(C)NC(=C)C(C)(CN1Cc2ccc(F)cc2C1=C)C1C=CC(c2cn[nH]c2)=CC1. The monoisotopic (exact) mass is 416 g/mol. The fourth-order valence-electron chi connectivity index (χ4n) is 4.53.